The lowest BCUT2D eigenvalue weighted by molar-refractivity contribution is -0.114. The molecule has 0 heterocycles. The predicted molar refractivity (Wildman–Crippen MR) is 122 cm³/mol. The normalized spacial score (nSPS) is 10.4. The minimum Gasteiger partial charge on any atom is -0.376 e. The quantitative estimate of drug-likeness (QED) is 0.423. The van der Waals surface area contributed by atoms with Gasteiger partial charge < -0.3 is 16.0 Å². The molecule has 0 saturated carbocycles. The summed E-state index contributed by atoms with van der Waals surface area (Å²) >= 11 is 0. The average Bonchev–Trinajstić information content (AvgIpc) is 2.78. The molecule has 0 atom stereocenters. The number of carbonyl (C=O) groups excluding carboxylic acids is 2. The van der Waals surface area contributed by atoms with Crippen LogP contribution in [0.2, 0.25) is 0 Å². The number of rotatable bonds is 6. The Morgan fingerprint density at radius 2 is 1.33 bits per heavy atom. The van der Waals surface area contributed by atoms with Crippen molar-refractivity contribution in [1.82, 2.24) is 0 Å². The lowest BCUT2D eigenvalue weighted by Crippen LogP contribution is -2.22. The van der Waals surface area contributed by atoms with E-state index < -0.39 is 0 Å². The summed E-state index contributed by atoms with van der Waals surface area (Å²) in [5.74, 6) is -0.369. The van der Waals surface area contributed by atoms with Gasteiger partial charge in [0.2, 0.25) is 5.91 Å². The highest BCUT2D eigenvalue weighted by Gasteiger charge is 2.08. The molecule has 0 aliphatic heterocycles. The van der Waals surface area contributed by atoms with Crippen LogP contribution in [0.3, 0.4) is 0 Å². The lowest BCUT2D eigenvalue weighted by atomic mass is 10.1. The molecule has 0 bridgehead atoms. The van der Waals surface area contributed by atoms with Crippen molar-refractivity contribution < 1.29 is 9.59 Å². The second kappa shape index (κ2) is 8.92. The fourth-order valence-electron chi connectivity index (χ4n) is 3.23. The molecule has 5 heteroatoms. The van der Waals surface area contributed by atoms with Gasteiger partial charge >= 0.3 is 0 Å². The van der Waals surface area contributed by atoms with Crippen molar-refractivity contribution in [2.45, 2.75) is 0 Å². The minimum atomic E-state index is -0.198. The fraction of sp³-hybridized carbons (Fsp3) is 0.0400. The third-order valence-corrected chi connectivity index (χ3v) is 4.67. The van der Waals surface area contributed by atoms with E-state index in [2.05, 4.69) is 16.0 Å². The molecule has 148 valence electrons. The first-order valence-electron chi connectivity index (χ1n) is 9.67. The molecular weight excluding hydrogens is 374 g/mol. The van der Waals surface area contributed by atoms with Crippen molar-refractivity contribution in [2.24, 2.45) is 0 Å². The molecule has 2 amide bonds. The predicted octanol–water partition coefficient (Wildman–Crippen LogP) is 5.14. The fourth-order valence-corrected chi connectivity index (χ4v) is 3.23. The van der Waals surface area contributed by atoms with Crippen LogP contribution in [-0.4, -0.2) is 18.4 Å². The van der Waals surface area contributed by atoms with E-state index in [4.69, 9.17) is 0 Å². The highest BCUT2D eigenvalue weighted by Crippen LogP contribution is 2.23. The highest BCUT2D eigenvalue weighted by atomic mass is 16.2. The van der Waals surface area contributed by atoms with Crippen molar-refractivity contribution in [3.8, 4) is 0 Å². The molecule has 4 rings (SSSR count). The Kier molecular flexibility index (Phi) is 5.71. The van der Waals surface area contributed by atoms with Crippen LogP contribution in [0.1, 0.15) is 10.4 Å². The highest BCUT2D eigenvalue weighted by molar-refractivity contribution is 6.05. The van der Waals surface area contributed by atoms with Crippen LogP contribution in [0, 0.1) is 0 Å². The minimum absolute atomic E-state index is 0.134. The second-order valence-electron chi connectivity index (χ2n) is 6.83. The maximum absolute atomic E-state index is 12.4. The molecular formula is C25H21N3O2. The molecule has 0 fully saturated rings. The number of fused-ring (bicyclic) bond motifs is 1. The molecule has 0 unspecified atom stereocenters. The van der Waals surface area contributed by atoms with Gasteiger partial charge in [-0.1, -0.05) is 60.7 Å². The maximum Gasteiger partial charge on any atom is 0.255 e. The molecule has 5 nitrogen and oxygen atoms in total. The molecule has 3 N–H and O–H groups in total. The van der Waals surface area contributed by atoms with Gasteiger partial charge in [-0.15, -0.1) is 0 Å². The molecule has 0 spiro atoms. The van der Waals surface area contributed by atoms with Crippen molar-refractivity contribution in [1.29, 1.82) is 0 Å². The Labute approximate surface area is 174 Å². The van der Waals surface area contributed by atoms with Crippen LogP contribution in [0.5, 0.6) is 0 Å². The summed E-state index contributed by atoms with van der Waals surface area (Å²) in [5.41, 5.74) is 2.72. The Bertz CT molecular complexity index is 1180. The number of benzene rings is 4. The van der Waals surface area contributed by atoms with Crippen LogP contribution in [-0.2, 0) is 4.79 Å². The summed E-state index contributed by atoms with van der Waals surface area (Å²) in [4.78, 5) is 24.7. The zero-order valence-electron chi connectivity index (χ0n) is 16.3. The van der Waals surface area contributed by atoms with E-state index in [1.54, 1.807) is 36.4 Å². The van der Waals surface area contributed by atoms with Crippen LogP contribution in [0.4, 0.5) is 17.1 Å². The van der Waals surface area contributed by atoms with E-state index in [1.165, 1.54) is 0 Å². The topological polar surface area (TPSA) is 70.2 Å². The second-order valence-corrected chi connectivity index (χ2v) is 6.83. The van der Waals surface area contributed by atoms with Crippen LogP contribution >= 0.6 is 0 Å². The number of nitrogens with one attached hydrogen (secondary N) is 3. The van der Waals surface area contributed by atoms with Gasteiger partial charge in [0.05, 0.1) is 6.54 Å². The van der Waals surface area contributed by atoms with E-state index in [1.807, 2.05) is 60.7 Å². The first-order chi connectivity index (χ1) is 14.7. The maximum atomic E-state index is 12.4. The Balaban J connectivity index is 1.38. The third-order valence-electron chi connectivity index (χ3n) is 4.67. The number of hydrogen-bond acceptors (Lipinski definition) is 3. The summed E-state index contributed by atoms with van der Waals surface area (Å²) < 4.78 is 0. The summed E-state index contributed by atoms with van der Waals surface area (Å²) in [6, 6.07) is 30.0. The molecule has 0 saturated heterocycles. The Hall–Kier alpha value is -4.12. The van der Waals surface area contributed by atoms with Crippen molar-refractivity contribution in [2.75, 3.05) is 22.5 Å². The van der Waals surface area contributed by atoms with Crippen molar-refractivity contribution >= 4 is 39.6 Å². The summed E-state index contributed by atoms with van der Waals surface area (Å²) in [5, 5.41) is 11.1. The lowest BCUT2D eigenvalue weighted by Gasteiger charge is -2.11. The van der Waals surface area contributed by atoms with Gasteiger partial charge in [0.1, 0.15) is 0 Å². The van der Waals surface area contributed by atoms with E-state index >= 15 is 0 Å². The van der Waals surface area contributed by atoms with Crippen molar-refractivity contribution in [3.05, 3.63) is 103 Å². The zero-order chi connectivity index (χ0) is 20.8. The molecule has 0 aromatic heterocycles. The first kappa shape index (κ1) is 19.2. The first-order valence-corrected chi connectivity index (χ1v) is 9.67. The number of carbonyl (C=O) groups is 2. The van der Waals surface area contributed by atoms with Gasteiger partial charge in [-0.2, -0.15) is 0 Å². The number of amides is 2. The van der Waals surface area contributed by atoms with E-state index in [0.29, 0.717) is 16.9 Å². The monoisotopic (exact) mass is 395 g/mol. The van der Waals surface area contributed by atoms with Gasteiger partial charge in [-0.25, -0.2) is 0 Å². The standard InChI is InChI=1S/C25H21N3O2/c29-24(17-26-23-15-6-11-18-8-4-5-14-22(18)23)27-20-12-7-13-21(16-20)28-25(30)19-9-2-1-3-10-19/h1-16,26H,17H2,(H,27,29)(H,28,30). The van der Waals surface area contributed by atoms with Gasteiger partial charge in [-0.05, 0) is 41.8 Å². The van der Waals surface area contributed by atoms with E-state index in [-0.39, 0.29) is 18.4 Å². The largest absolute Gasteiger partial charge is 0.376 e. The molecule has 0 aliphatic carbocycles. The van der Waals surface area contributed by atoms with Crippen LogP contribution in [0.25, 0.3) is 10.8 Å². The molecule has 4 aromatic rings. The summed E-state index contributed by atoms with van der Waals surface area (Å²) in [6.45, 7) is 0.134. The zero-order valence-corrected chi connectivity index (χ0v) is 16.3. The molecule has 30 heavy (non-hydrogen) atoms. The van der Waals surface area contributed by atoms with E-state index in [0.717, 1.165) is 16.5 Å². The summed E-state index contributed by atoms with van der Waals surface area (Å²) in [6.07, 6.45) is 0. The van der Waals surface area contributed by atoms with Crippen LogP contribution < -0.4 is 16.0 Å². The number of hydrogen-bond donors (Lipinski definition) is 3. The third kappa shape index (κ3) is 4.64. The molecule has 0 aliphatic rings. The van der Waals surface area contributed by atoms with Gasteiger partial charge in [0, 0.05) is 28.0 Å². The SMILES string of the molecule is O=C(CNc1cccc2ccccc12)Nc1cccc(NC(=O)c2ccccc2)c1. The Morgan fingerprint density at radius 1 is 0.667 bits per heavy atom. The van der Waals surface area contributed by atoms with Gasteiger partial charge in [0.15, 0.2) is 0 Å². The smallest absolute Gasteiger partial charge is 0.255 e. The van der Waals surface area contributed by atoms with Crippen LogP contribution in [0.15, 0.2) is 97.1 Å². The summed E-state index contributed by atoms with van der Waals surface area (Å²) in [7, 11) is 0. The van der Waals surface area contributed by atoms with Crippen molar-refractivity contribution in [3.63, 3.8) is 0 Å². The number of anilines is 3. The average molecular weight is 395 g/mol. The molecule has 0 radical (unpaired) electrons. The van der Waals surface area contributed by atoms with Gasteiger partial charge in [0.25, 0.3) is 5.91 Å². The molecule has 4 aromatic carbocycles. The Morgan fingerprint density at radius 3 is 2.17 bits per heavy atom. The van der Waals surface area contributed by atoms with E-state index in [9.17, 15) is 9.59 Å². The van der Waals surface area contributed by atoms with Gasteiger partial charge in [-0.3, -0.25) is 9.59 Å².